The van der Waals surface area contributed by atoms with Crippen LogP contribution in [0.3, 0.4) is 0 Å². The molecule has 92 valence electrons. The van der Waals surface area contributed by atoms with Crippen LogP contribution >= 0.6 is 0 Å². The lowest BCUT2D eigenvalue weighted by atomic mass is 10.5. The number of aromatic nitrogens is 4. The third kappa shape index (κ3) is 2.80. The van der Waals surface area contributed by atoms with Crippen LogP contribution < -0.4 is 10.9 Å². The van der Waals surface area contributed by atoms with Gasteiger partial charge in [-0.25, -0.2) is 9.78 Å². The van der Waals surface area contributed by atoms with Crippen LogP contribution in [0.1, 0.15) is 13.8 Å². The molecule has 0 spiro atoms. The standard InChI is InChI=1S/C7H7N5O3.C2H6/c1-15-7(14)11-6-9-3-2-8-12-4(3)5(13)10-6;1-2/h2H,1H3,(H,8,12)(H2,9,10,11,13,14);1-2H3. The van der Waals surface area contributed by atoms with Gasteiger partial charge in [-0.15, -0.1) is 0 Å². The Bertz CT molecular complexity index is 559. The van der Waals surface area contributed by atoms with Gasteiger partial charge in [0.1, 0.15) is 11.0 Å². The number of nitrogens with one attached hydrogen (secondary N) is 3. The minimum Gasteiger partial charge on any atom is -0.453 e. The highest BCUT2D eigenvalue weighted by atomic mass is 16.5. The average molecular weight is 239 g/mol. The van der Waals surface area contributed by atoms with Gasteiger partial charge >= 0.3 is 6.09 Å². The Balaban J connectivity index is 0.000000686. The van der Waals surface area contributed by atoms with Crippen LogP contribution in [0.25, 0.3) is 11.0 Å². The van der Waals surface area contributed by atoms with Crippen molar-refractivity contribution in [2.45, 2.75) is 13.8 Å². The smallest absolute Gasteiger partial charge is 0.413 e. The molecule has 0 saturated heterocycles. The molecule has 0 aromatic carbocycles. The van der Waals surface area contributed by atoms with Crippen LogP contribution in [0.5, 0.6) is 0 Å². The Hall–Kier alpha value is -2.38. The molecule has 8 heteroatoms. The maximum absolute atomic E-state index is 11.4. The van der Waals surface area contributed by atoms with Gasteiger partial charge in [-0.3, -0.25) is 20.2 Å². The average Bonchev–Trinajstić information content (AvgIpc) is 2.80. The molecule has 0 radical (unpaired) electrons. The predicted octanol–water partition coefficient (Wildman–Crippen LogP) is 0.851. The molecule has 2 heterocycles. The van der Waals surface area contributed by atoms with Gasteiger partial charge in [-0.1, -0.05) is 13.8 Å². The quantitative estimate of drug-likeness (QED) is 0.682. The molecule has 8 nitrogen and oxygen atoms in total. The molecule has 0 aliphatic carbocycles. The van der Waals surface area contributed by atoms with Crippen LogP contribution in [-0.2, 0) is 4.74 Å². The fraction of sp³-hybridized carbons (Fsp3) is 0.333. The molecule has 2 rings (SSSR count). The molecule has 0 fully saturated rings. The van der Waals surface area contributed by atoms with Gasteiger partial charge in [-0.2, -0.15) is 5.10 Å². The van der Waals surface area contributed by atoms with Crippen molar-refractivity contribution in [1.82, 2.24) is 20.2 Å². The highest BCUT2D eigenvalue weighted by Gasteiger charge is 2.07. The van der Waals surface area contributed by atoms with Crippen molar-refractivity contribution < 1.29 is 9.53 Å². The normalized spacial score (nSPS) is 9.35. The molecule has 0 saturated carbocycles. The summed E-state index contributed by atoms with van der Waals surface area (Å²) in [5.41, 5.74) is 0.208. The van der Waals surface area contributed by atoms with E-state index in [0.717, 1.165) is 0 Å². The van der Waals surface area contributed by atoms with E-state index < -0.39 is 11.7 Å². The second kappa shape index (κ2) is 5.64. The molecular weight excluding hydrogens is 226 g/mol. The molecule has 0 atom stereocenters. The van der Waals surface area contributed by atoms with Gasteiger partial charge in [-0.05, 0) is 0 Å². The molecule has 2 aromatic rings. The molecule has 0 bridgehead atoms. The molecule has 1 amide bonds. The van der Waals surface area contributed by atoms with E-state index in [-0.39, 0.29) is 11.5 Å². The van der Waals surface area contributed by atoms with Crippen LogP contribution in [0, 0.1) is 0 Å². The summed E-state index contributed by atoms with van der Waals surface area (Å²) in [7, 11) is 1.21. The summed E-state index contributed by atoms with van der Waals surface area (Å²) in [5.74, 6) is 0.0146. The highest BCUT2D eigenvalue weighted by molar-refractivity contribution is 5.83. The number of hydrogen-bond donors (Lipinski definition) is 3. The zero-order valence-corrected chi connectivity index (χ0v) is 9.70. The maximum atomic E-state index is 11.4. The van der Waals surface area contributed by atoms with Gasteiger partial charge < -0.3 is 4.74 Å². The van der Waals surface area contributed by atoms with E-state index >= 15 is 0 Å². The van der Waals surface area contributed by atoms with E-state index in [9.17, 15) is 9.59 Å². The number of nitrogens with zero attached hydrogens (tertiary/aromatic N) is 2. The summed E-state index contributed by atoms with van der Waals surface area (Å²) in [5, 5.41) is 8.38. The van der Waals surface area contributed by atoms with Gasteiger partial charge in [0, 0.05) is 0 Å². The van der Waals surface area contributed by atoms with E-state index in [0.29, 0.717) is 5.52 Å². The zero-order valence-electron chi connectivity index (χ0n) is 9.70. The fourth-order valence-electron chi connectivity index (χ4n) is 1.06. The number of carbonyl (C=O) groups excluding carboxylic acids is 1. The Labute approximate surface area is 96.4 Å². The summed E-state index contributed by atoms with van der Waals surface area (Å²) >= 11 is 0. The zero-order chi connectivity index (χ0) is 12.8. The predicted molar refractivity (Wildman–Crippen MR) is 61.9 cm³/mol. The second-order valence-electron chi connectivity index (χ2n) is 2.66. The third-order valence-corrected chi connectivity index (χ3v) is 1.72. The minimum atomic E-state index is -0.707. The number of carbonyl (C=O) groups is 1. The number of anilines is 1. The highest BCUT2D eigenvalue weighted by Crippen LogP contribution is 2.04. The Morgan fingerprint density at radius 2 is 2.18 bits per heavy atom. The van der Waals surface area contributed by atoms with Crippen molar-refractivity contribution in [3.8, 4) is 0 Å². The van der Waals surface area contributed by atoms with E-state index in [1.54, 1.807) is 0 Å². The third-order valence-electron chi connectivity index (χ3n) is 1.72. The molecule has 0 aliphatic rings. The van der Waals surface area contributed by atoms with Crippen molar-refractivity contribution >= 4 is 23.1 Å². The monoisotopic (exact) mass is 239 g/mol. The van der Waals surface area contributed by atoms with Crippen LogP contribution in [0.2, 0.25) is 0 Å². The summed E-state index contributed by atoms with van der Waals surface area (Å²) in [6, 6.07) is 0. The maximum Gasteiger partial charge on any atom is 0.413 e. The number of rotatable bonds is 1. The fourth-order valence-corrected chi connectivity index (χ4v) is 1.06. The number of H-pyrrole nitrogens is 2. The number of ether oxygens (including phenoxy) is 1. The summed E-state index contributed by atoms with van der Waals surface area (Å²) < 4.78 is 4.35. The first kappa shape index (κ1) is 12.7. The lowest BCUT2D eigenvalue weighted by Gasteiger charge is -2.01. The van der Waals surface area contributed by atoms with E-state index in [4.69, 9.17) is 0 Å². The molecule has 0 aliphatic heterocycles. The first-order valence-corrected chi connectivity index (χ1v) is 4.99. The topological polar surface area (TPSA) is 113 Å². The van der Waals surface area contributed by atoms with Crippen molar-refractivity contribution in [3.63, 3.8) is 0 Å². The summed E-state index contributed by atoms with van der Waals surface area (Å²) in [6.45, 7) is 4.00. The molecule has 0 unspecified atom stereocenters. The van der Waals surface area contributed by atoms with Crippen LogP contribution in [0.15, 0.2) is 11.0 Å². The van der Waals surface area contributed by atoms with Crippen molar-refractivity contribution in [2.75, 3.05) is 12.4 Å². The molecular formula is C9H13N5O3. The van der Waals surface area contributed by atoms with Gasteiger partial charge in [0.25, 0.3) is 5.56 Å². The van der Waals surface area contributed by atoms with Crippen LogP contribution in [-0.4, -0.2) is 33.4 Å². The molecule has 2 aromatic heterocycles. The number of aromatic amines is 2. The van der Waals surface area contributed by atoms with Crippen molar-refractivity contribution in [2.24, 2.45) is 0 Å². The second-order valence-corrected chi connectivity index (χ2v) is 2.66. The minimum absolute atomic E-state index is 0.0146. The summed E-state index contributed by atoms with van der Waals surface area (Å²) in [4.78, 5) is 28.5. The van der Waals surface area contributed by atoms with Crippen molar-refractivity contribution in [1.29, 1.82) is 0 Å². The largest absolute Gasteiger partial charge is 0.453 e. The van der Waals surface area contributed by atoms with Gasteiger partial charge in [0.15, 0.2) is 0 Å². The number of fused-ring (bicyclic) bond motifs is 1. The Morgan fingerprint density at radius 3 is 2.82 bits per heavy atom. The molecule has 3 N–H and O–H groups in total. The summed E-state index contributed by atoms with van der Waals surface area (Å²) in [6.07, 6.45) is 0.675. The van der Waals surface area contributed by atoms with E-state index in [2.05, 4.69) is 30.2 Å². The first-order valence-electron chi connectivity index (χ1n) is 4.99. The number of amides is 1. The number of hydrogen-bond acceptors (Lipinski definition) is 5. The van der Waals surface area contributed by atoms with E-state index in [1.807, 2.05) is 13.8 Å². The van der Waals surface area contributed by atoms with Crippen LogP contribution in [0.4, 0.5) is 10.7 Å². The van der Waals surface area contributed by atoms with Gasteiger partial charge in [0.2, 0.25) is 5.95 Å². The Kier molecular flexibility index (Phi) is 4.21. The van der Waals surface area contributed by atoms with E-state index in [1.165, 1.54) is 13.3 Å². The molecule has 17 heavy (non-hydrogen) atoms. The first-order chi connectivity index (χ1) is 8.20. The van der Waals surface area contributed by atoms with Gasteiger partial charge in [0.05, 0.1) is 13.3 Å². The number of methoxy groups -OCH3 is 1. The lowest BCUT2D eigenvalue weighted by Crippen LogP contribution is -2.18. The Morgan fingerprint density at radius 1 is 1.47 bits per heavy atom. The van der Waals surface area contributed by atoms with Crippen molar-refractivity contribution in [3.05, 3.63) is 16.6 Å². The lowest BCUT2D eigenvalue weighted by molar-refractivity contribution is 0.186. The SMILES string of the molecule is CC.COC(=O)Nc1nc2cn[nH]c2c(=O)[nH]1.